The number of ether oxygens (including phenoxy) is 6. The van der Waals surface area contributed by atoms with Crippen LogP contribution in [0.4, 0.5) is 0 Å². The van der Waals surface area contributed by atoms with E-state index in [0.29, 0.717) is 46.7 Å². The molecular weight excluding hydrogens is 1200 g/mol. The quantitative estimate of drug-likeness (QED) is 0.0466. The van der Waals surface area contributed by atoms with E-state index < -0.39 is 124 Å². The minimum Gasteiger partial charge on any atom is -0.508 e. The highest BCUT2D eigenvalue weighted by molar-refractivity contribution is 5.97. The Labute approximate surface area is 534 Å². The minimum absolute atomic E-state index is 0.00289. The Hall–Kier alpha value is -8.97. The van der Waals surface area contributed by atoms with Gasteiger partial charge < -0.3 is 68.7 Å². The SMILES string of the molecule is CC(=O)O[C@H]1C(=O)[C@@]2(C)[C@H]([C@H](OC(=O)c3ccccc3)[C@]3(O)C[C@H](OC(=O)[C@H](O)[C@@H](NC(=O)c4ccccc4)c4ccccc4)C(C)=C1C3(C)C)[C@]1(OC(C)=O)CO[C@@H]1C[C@@H]2O.CC[C@@]1(O)C(=O)OCc2c1cc1n(c2=O)Cc2cc3c(CN(C)C)c(O)ccc3nc2-1. The van der Waals surface area contributed by atoms with Crippen molar-refractivity contribution < 1.29 is 87.5 Å². The maximum Gasteiger partial charge on any atom is 0.343 e. The molecule has 2 saturated carbocycles. The fourth-order valence-corrected chi connectivity index (χ4v) is 14.8. The van der Waals surface area contributed by atoms with Crippen LogP contribution in [0.25, 0.3) is 22.3 Å². The van der Waals surface area contributed by atoms with E-state index in [1.165, 1.54) is 26.0 Å². The number of ketones is 1. The third-order valence-electron chi connectivity index (χ3n) is 19.7. The van der Waals surface area contributed by atoms with E-state index in [1.54, 1.807) is 122 Å². The van der Waals surface area contributed by atoms with Crippen molar-refractivity contribution >= 4 is 52.4 Å². The van der Waals surface area contributed by atoms with Gasteiger partial charge in [-0.2, -0.15) is 0 Å². The number of aliphatic hydroxyl groups is 4. The number of pyridine rings is 2. The number of amides is 1. The van der Waals surface area contributed by atoms with E-state index in [4.69, 9.17) is 33.4 Å². The summed E-state index contributed by atoms with van der Waals surface area (Å²) in [4.78, 5) is 116. The Morgan fingerprint density at radius 1 is 0.849 bits per heavy atom. The second kappa shape index (κ2) is 24.5. The molecule has 1 saturated heterocycles. The zero-order valence-corrected chi connectivity index (χ0v) is 52.8. The predicted octanol–water partition coefficient (Wildman–Crippen LogP) is 5.58. The van der Waals surface area contributed by atoms with Crippen LogP contribution in [0.15, 0.2) is 131 Å². The van der Waals surface area contributed by atoms with Crippen molar-refractivity contribution in [2.75, 3.05) is 20.7 Å². The number of esters is 5. The van der Waals surface area contributed by atoms with Gasteiger partial charge in [0.05, 0.1) is 64.7 Å². The van der Waals surface area contributed by atoms with Crippen LogP contribution in [0, 0.1) is 16.7 Å². The lowest BCUT2D eigenvalue weighted by atomic mass is 9.44. The summed E-state index contributed by atoms with van der Waals surface area (Å²) >= 11 is 0. The van der Waals surface area contributed by atoms with Gasteiger partial charge in [-0.05, 0) is 99.6 Å². The summed E-state index contributed by atoms with van der Waals surface area (Å²) in [6, 6.07) is 30.0. The van der Waals surface area contributed by atoms with Crippen LogP contribution in [0.3, 0.4) is 0 Å². The fourth-order valence-electron chi connectivity index (χ4n) is 14.8. The zero-order chi connectivity index (χ0) is 67.0. The molecule has 93 heavy (non-hydrogen) atoms. The number of aliphatic hydroxyl groups excluding tert-OH is 2. The summed E-state index contributed by atoms with van der Waals surface area (Å²) in [6.45, 7) is 10.4. The number of benzene rings is 4. The summed E-state index contributed by atoms with van der Waals surface area (Å²) < 4.78 is 37.0. The molecule has 6 aliphatic rings. The number of nitrogens with zero attached hydrogens (tertiary/aromatic N) is 3. The van der Waals surface area contributed by atoms with Crippen LogP contribution >= 0.6 is 0 Å². The van der Waals surface area contributed by atoms with Crippen molar-refractivity contribution in [2.24, 2.45) is 16.7 Å². The van der Waals surface area contributed by atoms with Gasteiger partial charge in [0.15, 0.2) is 29.2 Å². The van der Waals surface area contributed by atoms with Gasteiger partial charge >= 0.3 is 29.8 Å². The number of cyclic esters (lactones) is 1. The summed E-state index contributed by atoms with van der Waals surface area (Å²) in [5, 5.41) is 62.4. The van der Waals surface area contributed by atoms with Crippen molar-refractivity contribution in [1.82, 2.24) is 19.8 Å². The Balaban J connectivity index is 0.000000237. The lowest BCUT2D eigenvalue weighted by Gasteiger charge is -2.67. The average Bonchev–Trinajstić information content (AvgIpc) is 1.09. The van der Waals surface area contributed by atoms with Gasteiger partial charge in [-0.25, -0.2) is 19.4 Å². The number of fused-ring (bicyclic) bond motifs is 10. The number of phenolic OH excluding ortho intramolecular Hbond substituents is 1. The molecule has 3 aliphatic heterocycles. The van der Waals surface area contributed by atoms with Crippen LogP contribution in [0.5, 0.6) is 5.75 Å². The number of hydrogen-bond donors (Lipinski definition) is 6. The maximum atomic E-state index is 15.5. The highest BCUT2D eigenvalue weighted by atomic mass is 16.6. The van der Waals surface area contributed by atoms with E-state index in [9.17, 15) is 59.1 Å². The van der Waals surface area contributed by atoms with Crippen LogP contribution in [-0.4, -0.2) is 150 Å². The molecule has 1 amide bonds. The van der Waals surface area contributed by atoms with Gasteiger partial charge in [0.25, 0.3) is 11.5 Å². The van der Waals surface area contributed by atoms with Gasteiger partial charge in [0, 0.05) is 66.3 Å². The standard InChI is InChI=1S/C47H51NO14.C23H23N3O5/c1-25-31(60-43(56)36(52)35(28-16-10-7-11-17-28)48-41(54)29-18-12-8-13-19-29)23-47(57)40(61-42(55)30-20-14-9-15-21-30)38-45(6,32(51)22-33-46(38,24-58-33)62-27(3)50)39(53)37(59-26(2)49)34(25)44(47,4)5;1-4-23(30)16-8-18-20-12(9-26(18)21(28)15(16)11-31-22(23)29)7-13-14(10-25(2)3)19(27)6-5-17(13)24-20/h7-21,31-33,35-38,40,51-52,57H,22-24H2,1-6H3,(H,48,54);5-8,27,30H,4,9-11H2,1-3H3/t31-,32-,33+,35-,36+,37+,38-,40-,45+,46-,47+;23-/m00/s1. The average molecular weight is 1280 g/mol. The number of aromatic nitrogens is 2. The van der Waals surface area contributed by atoms with E-state index in [0.717, 1.165) is 30.4 Å². The van der Waals surface area contributed by atoms with Gasteiger partial charge in [0.2, 0.25) is 0 Å². The Bertz CT molecular complexity index is 4120. The Kier molecular flexibility index (Phi) is 17.3. The van der Waals surface area contributed by atoms with E-state index in [2.05, 4.69) is 5.32 Å². The number of phenols is 1. The first-order valence-corrected chi connectivity index (χ1v) is 30.7. The first-order chi connectivity index (χ1) is 44.0. The van der Waals surface area contributed by atoms with Gasteiger partial charge in [-0.1, -0.05) is 87.5 Å². The molecule has 23 nitrogen and oxygen atoms in total. The smallest absolute Gasteiger partial charge is 0.343 e. The molecule has 23 heteroatoms. The minimum atomic E-state index is -2.39. The van der Waals surface area contributed by atoms with Crippen molar-refractivity contribution in [3.63, 3.8) is 0 Å². The van der Waals surface area contributed by atoms with Crippen LogP contribution in [0.1, 0.15) is 122 Å². The normalized spacial score (nSPS) is 27.7. The molecule has 488 valence electrons. The molecule has 6 N–H and O–H groups in total. The Morgan fingerprint density at radius 2 is 1.49 bits per heavy atom. The number of carbonyl (C=O) groups excluding carboxylic acids is 7. The van der Waals surface area contributed by atoms with Crippen molar-refractivity contribution in [2.45, 2.75) is 147 Å². The molecule has 0 radical (unpaired) electrons. The number of nitrogens with one attached hydrogen (secondary N) is 1. The van der Waals surface area contributed by atoms with E-state index in [-0.39, 0.29) is 59.6 Å². The molecule has 3 aliphatic carbocycles. The molecule has 5 heterocycles. The van der Waals surface area contributed by atoms with Gasteiger partial charge in [-0.3, -0.25) is 24.0 Å². The summed E-state index contributed by atoms with van der Waals surface area (Å²) in [6.07, 6.45) is -10.4. The lowest BCUT2D eigenvalue weighted by molar-refractivity contribution is -0.346. The number of rotatable bonds is 13. The molecule has 3 fully saturated rings. The van der Waals surface area contributed by atoms with Crippen molar-refractivity contribution in [3.8, 4) is 17.1 Å². The Morgan fingerprint density at radius 3 is 2.10 bits per heavy atom. The summed E-state index contributed by atoms with van der Waals surface area (Å²) in [5.74, 6) is -7.37. The number of hydrogen-bond acceptors (Lipinski definition) is 21. The highest BCUT2D eigenvalue weighted by Gasteiger charge is 2.78. The third-order valence-corrected chi connectivity index (χ3v) is 19.7. The molecule has 0 spiro atoms. The second-order valence-corrected chi connectivity index (χ2v) is 25.8. The zero-order valence-electron chi connectivity index (χ0n) is 52.8. The van der Waals surface area contributed by atoms with E-state index >= 15 is 4.79 Å². The molecular formula is C70H74N4O19. The lowest BCUT2D eigenvalue weighted by Crippen LogP contribution is -2.82. The molecule has 0 unspecified atom stereocenters. The first kappa shape index (κ1) is 65.5. The van der Waals surface area contributed by atoms with Crippen LogP contribution in [-0.2, 0) is 77.7 Å². The van der Waals surface area contributed by atoms with Crippen molar-refractivity contribution in [1.29, 1.82) is 0 Å². The summed E-state index contributed by atoms with van der Waals surface area (Å²) in [5.41, 5.74) is -4.99. The molecule has 12 rings (SSSR count). The monoisotopic (exact) mass is 1270 g/mol. The number of aromatic hydroxyl groups is 1. The maximum absolute atomic E-state index is 15.5. The number of carbonyl (C=O) groups is 7. The van der Waals surface area contributed by atoms with E-state index in [1.807, 2.05) is 25.1 Å². The predicted molar refractivity (Wildman–Crippen MR) is 331 cm³/mol. The van der Waals surface area contributed by atoms with Gasteiger partial charge in [0.1, 0.15) is 36.3 Å². The van der Waals surface area contributed by atoms with Gasteiger partial charge in [-0.15, -0.1) is 0 Å². The molecule has 2 bridgehead atoms. The topological polar surface area (TPSA) is 326 Å². The third kappa shape index (κ3) is 11.0. The second-order valence-electron chi connectivity index (χ2n) is 25.8. The van der Waals surface area contributed by atoms with Crippen molar-refractivity contribution in [3.05, 3.63) is 176 Å². The summed E-state index contributed by atoms with van der Waals surface area (Å²) in [7, 11) is 3.86. The largest absolute Gasteiger partial charge is 0.508 e. The molecule has 6 aromatic rings. The fraction of sp³-hybridized carbons (Fsp3) is 0.414. The molecule has 4 aromatic carbocycles. The molecule has 12 atom stereocenters. The molecule has 2 aromatic heterocycles. The highest BCUT2D eigenvalue weighted by Crippen LogP contribution is 2.64. The number of Topliss-reactive ketones (excluding diaryl/α,β-unsaturated/α-hetero) is 1. The first-order valence-electron chi connectivity index (χ1n) is 30.7. The van der Waals surface area contributed by atoms with Crippen LogP contribution < -0.4 is 10.9 Å². The van der Waals surface area contributed by atoms with Crippen LogP contribution in [0.2, 0.25) is 0 Å².